The van der Waals surface area contributed by atoms with E-state index in [0.717, 1.165) is 5.56 Å². The van der Waals surface area contributed by atoms with Gasteiger partial charge in [0.2, 0.25) is 5.91 Å². The van der Waals surface area contributed by atoms with E-state index in [1.54, 1.807) is 24.3 Å². The van der Waals surface area contributed by atoms with Crippen LogP contribution in [-0.2, 0) is 11.2 Å². The number of nitriles is 1. The number of urea groups is 1. The molecule has 3 amide bonds. The van der Waals surface area contributed by atoms with Crippen molar-refractivity contribution in [2.75, 3.05) is 17.2 Å². The number of amides is 3. The molecule has 0 spiro atoms. The molecule has 14 heteroatoms. The fourth-order valence-corrected chi connectivity index (χ4v) is 5.31. The first-order chi connectivity index (χ1) is 21.1. The normalized spacial score (nSPS) is 14.8. The van der Waals surface area contributed by atoms with E-state index in [1.165, 1.54) is 51.9 Å². The summed E-state index contributed by atoms with van der Waals surface area (Å²) in [6.07, 6.45) is -2.64. The van der Waals surface area contributed by atoms with Crippen LogP contribution in [0.3, 0.4) is 0 Å². The summed E-state index contributed by atoms with van der Waals surface area (Å²) in [6.45, 7) is 1.98. The molecule has 44 heavy (non-hydrogen) atoms. The van der Waals surface area contributed by atoms with Crippen molar-refractivity contribution < 1.29 is 27.5 Å². The van der Waals surface area contributed by atoms with Crippen LogP contribution in [0.25, 0.3) is 17.1 Å². The Balaban J connectivity index is 1.22. The van der Waals surface area contributed by atoms with Gasteiger partial charge in [0.05, 0.1) is 29.1 Å². The highest BCUT2D eigenvalue weighted by Gasteiger charge is 2.32. The molecule has 5 rings (SSSR count). The summed E-state index contributed by atoms with van der Waals surface area (Å²) in [7, 11) is 0. The van der Waals surface area contributed by atoms with E-state index >= 15 is 0 Å². The first-order valence-electron chi connectivity index (χ1n) is 13.3. The fourth-order valence-electron chi connectivity index (χ4n) is 4.45. The molecule has 0 aliphatic carbocycles. The first kappa shape index (κ1) is 30.3. The molecule has 1 unspecified atom stereocenters. The summed E-state index contributed by atoms with van der Waals surface area (Å²) in [6, 6.07) is 21.1. The molecule has 3 aromatic carbocycles. The number of aliphatic imine (C=N–C) groups is 1. The number of nitrogens with zero attached hydrogens (tertiary/aromatic N) is 6. The number of hydrogen-bond acceptors (Lipinski definition) is 7. The fraction of sp³-hybridized carbons (Fsp3) is 0.200. The highest BCUT2D eigenvalue weighted by Crippen LogP contribution is 2.30. The van der Waals surface area contributed by atoms with Crippen molar-refractivity contribution in [2.24, 2.45) is 4.99 Å². The molecule has 4 aromatic rings. The summed E-state index contributed by atoms with van der Waals surface area (Å²) in [4.78, 5) is 35.1. The number of para-hydroxylation sites is 1. The third-order valence-electron chi connectivity index (χ3n) is 6.59. The maximum absolute atomic E-state index is 12.7. The zero-order valence-corrected chi connectivity index (χ0v) is 24.0. The topological polar surface area (TPSA) is 126 Å². The number of carbonyl (C=O) groups excluding carboxylic acids is 2. The molecular formula is C30H24F3N7O3S. The van der Waals surface area contributed by atoms with Crippen molar-refractivity contribution in [3.8, 4) is 28.9 Å². The molecule has 10 nitrogen and oxygen atoms in total. The standard InChI is InChI=1S/C30H24F3N7O3S/c1-2-19-5-3-4-6-25(19)40-26(41)17-44-29(40)37-28(42)35-16-22(15-34)20-7-9-21(10-8-20)27-36-18-39(38-27)23-11-13-24(14-12-23)43-30(31,32)33/h3-14,18,22H,2,16-17H2,1H3,(H,35,42)/b37-29-. The predicted octanol–water partition coefficient (Wildman–Crippen LogP) is 5.85. The zero-order valence-electron chi connectivity index (χ0n) is 23.2. The SMILES string of the molecule is CCc1ccccc1N1C(=O)CS/C1=N\C(=O)NCC(C#N)c1ccc(-c2ncn(-c3ccc(OC(F)(F)F)cc3)n2)cc1. The van der Waals surface area contributed by atoms with Gasteiger partial charge in [0.1, 0.15) is 12.1 Å². The Morgan fingerprint density at radius 3 is 2.55 bits per heavy atom. The minimum Gasteiger partial charge on any atom is -0.406 e. The number of aromatic nitrogens is 3. The van der Waals surface area contributed by atoms with Gasteiger partial charge in [0, 0.05) is 12.1 Å². The number of thioether (sulfide) groups is 1. The quantitative estimate of drug-likeness (QED) is 0.262. The Hall–Kier alpha value is -5.16. The number of amidine groups is 1. The van der Waals surface area contributed by atoms with Gasteiger partial charge in [-0.2, -0.15) is 10.3 Å². The number of benzene rings is 3. The molecule has 0 radical (unpaired) electrons. The second-order valence-electron chi connectivity index (χ2n) is 9.44. The number of carbonyl (C=O) groups is 2. The van der Waals surface area contributed by atoms with Crippen LogP contribution in [0.2, 0.25) is 0 Å². The monoisotopic (exact) mass is 619 g/mol. The average Bonchev–Trinajstić information content (AvgIpc) is 3.64. The molecule has 1 aliphatic rings. The Kier molecular flexibility index (Phi) is 8.96. The van der Waals surface area contributed by atoms with E-state index in [2.05, 4.69) is 31.2 Å². The molecular weight excluding hydrogens is 595 g/mol. The summed E-state index contributed by atoms with van der Waals surface area (Å²) < 4.78 is 42.5. The van der Waals surface area contributed by atoms with Crippen LogP contribution in [0, 0.1) is 11.3 Å². The van der Waals surface area contributed by atoms with Gasteiger partial charge in [-0.1, -0.05) is 61.2 Å². The number of aryl methyl sites for hydroxylation is 1. The van der Waals surface area contributed by atoms with Crippen molar-refractivity contribution in [1.29, 1.82) is 5.26 Å². The molecule has 224 valence electrons. The molecule has 1 N–H and O–H groups in total. The van der Waals surface area contributed by atoms with Crippen molar-refractivity contribution in [1.82, 2.24) is 20.1 Å². The number of ether oxygens (including phenoxy) is 1. The molecule has 1 fully saturated rings. The molecule has 1 saturated heterocycles. The van der Waals surface area contributed by atoms with Gasteiger partial charge in [-0.05, 0) is 47.9 Å². The van der Waals surface area contributed by atoms with Gasteiger partial charge in [0.15, 0.2) is 11.0 Å². The van der Waals surface area contributed by atoms with Crippen molar-refractivity contribution in [3.63, 3.8) is 0 Å². The number of hydrogen-bond donors (Lipinski definition) is 1. The lowest BCUT2D eigenvalue weighted by Gasteiger charge is -2.19. The summed E-state index contributed by atoms with van der Waals surface area (Å²) in [5.41, 5.74) is 3.43. The lowest BCUT2D eigenvalue weighted by atomic mass is 9.99. The Bertz CT molecular complexity index is 1730. The van der Waals surface area contributed by atoms with E-state index in [9.17, 15) is 28.0 Å². The van der Waals surface area contributed by atoms with Crippen LogP contribution in [0.5, 0.6) is 5.75 Å². The van der Waals surface area contributed by atoms with Gasteiger partial charge in [-0.25, -0.2) is 14.5 Å². The summed E-state index contributed by atoms with van der Waals surface area (Å²) in [5.74, 6) is -0.646. The van der Waals surface area contributed by atoms with E-state index < -0.39 is 18.3 Å². The largest absolute Gasteiger partial charge is 0.573 e. The molecule has 2 heterocycles. The summed E-state index contributed by atoms with van der Waals surface area (Å²) >= 11 is 1.18. The van der Waals surface area contributed by atoms with E-state index in [4.69, 9.17) is 0 Å². The van der Waals surface area contributed by atoms with Gasteiger partial charge in [0.25, 0.3) is 0 Å². The first-order valence-corrected chi connectivity index (χ1v) is 14.3. The highest BCUT2D eigenvalue weighted by molar-refractivity contribution is 8.15. The Labute approximate surface area is 254 Å². The van der Waals surface area contributed by atoms with Crippen molar-refractivity contribution in [3.05, 3.63) is 90.3 Å². The van der Waals surface area contributed by atoms with Crippen molar-refractivity contribution in [2.45, 2.75) is 25.6 Å². The highest BCUT2D eigenvalue weighted by atomic mass is 32.2. The zero-order chi connectivity index (χ0) is 31.3. The Morgan fingerprint density at radius 1 is 1.14 bits per heavy atom. The summed E-state index contributed by atoms with van der Waals surface area (Å²) in [5, 5.41) is 17.1. The molecule has 1 atom stereocenters. The minimum atomic E-state index is -4.78. The number of alkyl halides is 3. The minimum absolute atomic E-state index is 0.00343. The van der Waals surface area contributed by atoms with E-state index in [0.29, 0.717) is 34.7 Å². The lowest BCUT2D eigenvalue weighted by Crippen LogP contribution is -2.32. The third kappa shape index (κ3) is 7.07. The van der Waals surface area contributed by atoms with Gasteiger partial charge < -0.3 is 10.1 Å². The van der Waals surface area contributed by atoms with Gasteiger partial charge in [-0.3, -0.25) is 9.69 Å². The molecule has 0 saturated carbocycles. The second-order valence-corrected chi connectivity index (χ2v) is 10.4. The molecule has 0 bridgehead atoms. The maximum Gasteiger partial charge on any atom is 0.573 e. The van der Waals surface area contributed by atoms with Gasteiger partial charge in [-0.15, -0.1) is 18.3 Å². The number of anilines is 1. The van der Waals surface area contributed by atoms with Crippen LogP contribution >= 0.6 is 11.8 Å². The number of rotatable bonds is 8. The molecule has 1 aromatic heterocycles. The maximum atomic E-state index is 12.7. The van der Waals surface area contributed by atoms with Crippen LogP contribution in [-0.4, -0.2) is 50.5 Å². The second kappa shape index (κ2) is 13.0. The third-order valence-corrected chi connectivity index (χ3v) is 7.51. The Morgan fingerprint density at radius 2 is 1.86 bits per heavy atom. The van der Waals surface area contributed by atoms with Crippen LogP contribution in [0.15, 0.2) is 84.1 Å². The van der Waals surface area contributed by atoms with Crippen molar-refractivity contribution >= 4 is 34.6 Å². The van der Waals surface area contributed by atoms with E-state index in [-0.39, 0.29) is 29.1 Å². The number of nitrogens with one attached hydrogen (secondary N) is 1. The molecule has 1 aliphatic heterocycles. The lowest BCUT2D eigenvalue weighted by molar-refractivity contribution is -0.274. The predicted molar refractivity (Wildman–Crippen MR) is 158 cm³/mol. The van der Waals surface area contributed by atoms with Gasteiger partial charge >= 0.3 is 12.4 Å². The average molecular weight is 620 g/mol. The van der Waals surface area contributed by atoms with E-state index in [1.807, 2.05) is 31.2 Å². The van der Waals surface area contributed by atoms with Crippen LogP contribution in [0.4, 0.5) is 23.7 Å². The van der Waals surface area contributed by atoms with Crippen LogP contribution < -0.4 is 15.0 Å². The smallest absolute Gasteiger partial charge is 0.406 e. The number of halogens is 3. The van der Waals surface area contributed by atoms with Crippen LogP contribution in [0.1, 0.15) is 24.0 Å².